The molecule has 2 aromatic carbocycles. The summed E-state index contributed by atoms with van der Waals surface area (Å²) in [5.41, 5.74) is 0.714. The van der Waals surface area contributed by atoms with Gasteiger partial charge in [0, 0.05) is 31.1 Å². The van der Waals surface area contributed by atoms with Gasteiger partial charge in [0.15, 0.2) is 23.1 Å². The second-order valence-electron chi connectivity index (χ2n) is 6.80. The standard InChI is InChI=1S/C21H17F3N2O3/c22-17-4-2-1-3-16(17)13-7-8-26(11-13)21(27)20-10-15(29-25-20)12-28-14-5-6-18(23)19(24)9-14/h1-6,9-10,13H,7-8,11-12H2. The molecule has 0 aliphatic carbocycles. The number of amides is 1. The van der Waals surface area contributed by atoms with E-state index in [4.69, 9.17) is 9.26 Å². The van der Waals surface area contributed by atoms with Crippen molar-refractivity contribution in [3.63, 3.8) is 0 Å². The van der Waals surface area contributed by atoms with Crippen LogP contribution in [0.5, 0.6) is 5.75 Å². The monoisotopic (exact) mass is 402 g/mol. The minimum atomic E-state index is -1.02. The fraction of sp³-hybridized carbons (Fsp3) is 0.238. The van der Waals surface area contributed by atoms with Gasteiger partial charge in [0.1, 0.15) is 18.2 Å². The van der Waals surface area contributed by atoms with E-state index in [0.717, 1.165) is 12.1 Å². The Morgan fingerprint density at radius 2 is 1.93 bits per heavy atom. The summed E-state index contributed by atoms with van der Waals surface area (Å²) in [5.74, 6) is -2.25. The summed E-state index contributed by atoms with van der Waals surface area (Å²) < 4.78 is 50.5. The molecule has 1 unspecified atom stereocenters. The van der Waals surface area contributed by atoms with Crippen LogP contribution >= 0.6 is 0 Å². The number of carbonyl (C=O) groups is 1. The first-order valence-corrected chi connectivity index (χ1v) is 9.08. The van der Waals surface area contributed by atoms with Crippen LogP contribution in [0.25, 0.3) is 0 Å². The minimum absolute atomic E-state index is 0.0665. The number of aromatic nitrogens is 1. The third-order valence-corrected chi connectivity index (χ3v) is 4.87. The second-order valence-corrected chi connectivity index (χ2v) is 6.80. The Bertz CT molecular complexity index is 1040. The highest BCUT2D eigenvalue weighted by molar-refractivity contribution is 5.92. The largest absolute Gasteiger partial charge is 0.485 e. The molecular formula is C21H17F3N2O3. The van der Waals surface area contributed by atoms with Gasteiger partial charge in [0.05, 0.1) is 0 Å². The molecule has 1 atom stereocenters. The van der Waals surface area contributed by atoms with Crippen molar-refractivity contribution in [2.45, 2.75) is 18.9 Å². The molecule has 0 bridgehead atoms. The van der Waals surface area contributed by atoms with Crippen molar-refractivity contribution in [2.75, 3.05) is 13.1 Å². The van der Waals surface area contributed by atoms with Crippen molar-refractivity contribution >= 4 is 5.91 Å². The van der Waals surface area contributed by atoms with Crippen LogP contribution in [0.15, 0.2) is 53.1 Å². The van der Waals surface area contributed by atoms with Crippen LogP contribution in [0.3, 0.4) is 0 Å². The van der Waals surface area contributed by atoms with E-state index < -0.39 is 11.6 Å². The number of rotatable bonds is 5. The lowest BCUT2D eigenvalue weighted by atomic mass is 9.98. The molecule has 5 nitrogen and oxygen atoms in total. The topological polar surface area (TPSA) is 55.6 Å². The van der Waals surface area contributed by atoms with E-state index >= 15 is 0 Å². The molecule has 1 aliphatic rings. The highest BCUT2D eigenvalue weighted by atomic mass is 19.2. The maximum absolute atomic E-state index is 14.0. The predicted molar refractivity (Wildman–Crippen MR) is 96.9 cm³/mol. The molecule has 4 rings (SSSR count). The van der Waals surface area contributed by atoms with Crippen molar-refractivity contribution in [1.29, 1.82) is 0 Å². The first-order chi connectivity index (χ1) is 14.0. The third-order valence-electron chi connectivity index (χ3n) is 4.87. The lowest BCUT2D eigenvalue weighted by molar-refractivity contribution is 0.0780. The van der Waals surface area contributed by atoms with E-state index in [-0.39, 0.29) is 41.5 Å². The van der Waals surface area contributed by atoms with E-state index in [2.05, 4.69) is 5.16 Å². The molecule has 1 fully saturated rings. The summed E-state index contributed by atoms with van der Waals surface area (Å²) in [6.07, 6.45) is 0.663. The van der Waals surface area contributed by atoms with Crippen LogP contribution < -0.4 is 4.74 Å². The number of nitrogens with zero attached hydrogens (tertiary/aromatic N) is 2. The zero-order valence-corrected chi connectivity index (χ0v) is 15.3. The van der Waals surface area contributed by atoms with Crippen molar-refractivity contribution in [3.8, 4) is 5.75 Å². The maximum Gasteiger partial charge on any atom is 0.276 e. The fourth-order valence-corrected chi connectivity index (χ4v) is 3.37. The Morgan fingerprint density at radius 1 is 1.10 bits per heavy atom. The average Bonchev–Trinajstić information content (AvgIpc) is 3.39. The van der Waals surface area contributed by atoms with E-state index in [0.29, 0.717) is 25.1 Å². The lowest BCUT2D eigenvalue weighted by Gasteiger charge is -2.15. The van der Waals surface area contributed by atoms with E-state index in [1.54, 1.807) is 23.1 Å². The second kappa shape index (κ2) is 7.98. The van der Waals surface area contributed by atoms with Gasteiger partial charge in [-0.3, -0.25) is 4.79 Å². The molecule has 0 radical (unpaired) electrons. The van der Waals surface area contributed by atoms with Crippen molar-refractivity contribution in [1.82, 2.24) is 10.1 Å². The first kappa shape index (κ1) is 19.0. The number of halogens is 3. The SMILES string of the molecule is O=C(c1cc(COc2ccc(F)c(F)c2)on1)N1CCC(c2ccccc2F)C1. The van der Waals surface area contributed by atoms with Gasteiger partial charge < -0.3 is 14.2 Å². The van der Waals surface area contributed by atoms with Crippen molar-refractivity contribution in [3.05, 3.63) is 83.0 Å². The molecule has 29 heavy (non-hydrogen) atoms. The minimum Gasteiger partial charge on any atom is -0.485 e. The van der Waals surface area contributed by atoms with Crippen LogP contribution in [0.1, 0.15) is 34.2 Å². The summed E-state index contributed by atoms with van der Waals surface area (Å²) in [6.45, 7) is 0.794. The molecule has 2 heterocycles. The molecule has 0 N–H and O–H groups in total. The number of likely N-dealkylation sites (tertiary alicyclic amines) is 1. The Kier molecular flexibility index (Phi) is 5.24. The molecule has 1 saturated heterocycles. The van der Waals surface area contributed by atoms with Crippen LogP contribution in [0.2, 0.25) is 0 Å². The fourth-order valence-electron chi connectivity index (χ4n) is 3.37. The summed E-state index contributed by atoms with van der Waals surface area (Å²) in [7, 11) is 0. The summed E-state index contributed by atoms with van der Waals surface area (Å²) in [6, 6.07) is 11.2. The third kappa shape index (κ3) is 4.11. The van der Waals surface area contributed by atoms with Crippen LogP contribution in [0.4, 0.5) is 13.2 Å². The summed E-state index contributed by atoms with van der Waals surface area (Å²) in [4.78, 5) is 14.3. The zero-order valence-electron chi connectivity index (χ0n) is 15.3. The average molecular weight is 402 g/mol. The molecule has 8 heteroatoms. The highest BCUT2D eigenvalue weighted by Crippen LogP contribution is 2.29. The summed E-state index contributed by atoms with van der Waals surface area (Å²) >= 11 is 0. The molecule has 1 amide bonds. The van der Waals surface area contributed by atoms with Gasteiger partial charge in [-0.15, -0.1) is 0 Å². The van der Waals surface area contributed by atoms with Crippen LogP contribution in [-0.2, 0) is 6.61 Å². The Morgan fingerprint density at radius 3 is 2.72 bits per heavy atom. The Balaban J connectivity index is 1.37. The van der Waals surface area contributed by atoms with Crippen LogP contribution in [-0.4, -0.2) is 29.1 Å². The zero-order chi connectivity index (χ0) is 20.4. The Labute approximate surface area is 164 Å². The number of carbonyl (C=O) groups excluding carboxylic acids is 1. The predicted octanol–water partition coefficient (Wildman–Crippen LogP) is 4.30. The number of hydrogen-bond acceptors (Lipinski definition) is 4. The molecule has 0 spiro atoms. The quantitative estimate of drug-likeness (QED) is 0.639. The van der Waals surface area contributed by atoms with Gasteiger partial charge in [-0.25, -0.2) is 13.2 Å². The number of benzene rings is 2. The van der Waals surface area contributed by atoms with E-state index in [1.165, 1.54) is 18.2 Å². The van der Waals surface area contributed by atoms with Crippen molar-refractivity contribution in [2.24, 2.45) is 0 Å². The number of ether oxygens (including phenoxy) is 1. The first-order valence-electron chi connectivity index (χ1n) is 9.08. The van der Waals surface area contributed by atoms with E-state index in [1.807, 2.05) is 0 Å². The molecule has 150 valence electrons. The van der Waals surface area contributed by atoms with Crippen molar-refractivity contribution < 1.29 is 27.2 Å². The maximum atomic E-state index is 14.0. The van der Waals surface area contributed by atoms with Gasteiger partial charge in [-0.2, -0.15) is 0 Å². The molecular weight excluding hydrogens is 385 g/mol. The van der Waals surface area contributed by atoms with Crippen LogP contribution in [0, 0.1) is 17.5 Å². The Hall–Kier alpha value is -3.29. The van der Waals surface area contributed by atoms with Gasteiger partial charge in [-0.05, 0) is 30.2 Å². The highest BCUT2D eigenvalue weighted by Gasteiger charge is 2.30. The lowest BCUT2D eigenvalue weighted by Crippen LogP contribution is -2.28. The van der Waals surface area contributed by atoms with Gasteiger partial charge in [0.25, 0.3) is 5.91 Å². The smallest absolute Gasteiger partial charge is 0.276 e. The van der Waals surface area contributed by atoms with Gasteiger partial charge in [-0.1, -0.05) is 23.4 Å². The number of hydrogen-bond donors (Lipinski definition) is 0. The summed E-state index contributed by atoms with van der Waals surface area (Å²) in [5, 5.41) is 3.77. The molecule has 1 aliphatic heterocycles. The van der Waals surface area contributed by atoms with Gasteiger partial charge >= 0.3 is 0 Å². The van der Waals surface area contributed by atoms with E-state index in [9.17, 15) is 18.0 Å². The molecule has 3 aromatic rings. The molecule has 1 aromatic heterocycles. The van der Waals surface area contributed by atoms with Gasteiger partial charge in [0.2, 0.25) is 0 Å². The molecule has 0 saturated carbocycles. The normalized spacial score (nSPS) is 16.2.